The second-order valence-corrected chi connectivity index (χ2v) is 7.10. The van der Waals surface area contributed by atoms with Crippen molar-refractivity contribution in [1.29, 1.82) is 0 Å². The van der Waals surface area contributed by atoms with Crippen LogP contribution >= 0.6 is 27.3 Å². The minimum atomic E-state index is 0. The predicted octanol–water partition coefficient (Wildman–Crippen LogP) is 2.71. The summed E-state index contributed by atoms with van der Waals surface area (Å²) in [7, 11) is 0. The SMILES string of the molecule is C=CC[n+]1c(-c2ccc(Br)cc2)csc1Nc1ccc(C)cc1.[Br-]. The van der Waals surface area contributed by atoms with Gasteiger partial charge in [0.1, 0.15) is 17.9 Å². The molecule has 24 heavy (non-hydrogen) atoms. The van der Waals surface area contributed by atoms with Gasteiger partial charge in [-0.1, -0.05) is 57.6 Å². The molecule has 0 bridgehead atoms. The number of aryl methyl sites for hydroxylation is 1. The number of benzene rings is 2. The van der Waals surface area contributed by atoms with Crippen LogP contribution in [0.25, 0.3) is 11.3 Å². The molecule has 3 aromatic rings. The molecule has 5 heteroatoms. The lowest BCUT2D eigenvalue weighted by Gasteiger charge is -2.04. The third-order valence-electron chi connectivity index (χ3n) is 3.57. The van der Waals surface area contributed by atoms with E-state index >= 15 is 0 Å². The summed E-state index contributed by atoms with van der Waals surface area (Å²) in [5, 5.41) is 6.80. The Morgan fingerprint density at radius 1 is 1.12 bits per heavy atom. The van der Waals surface area contributed by atoms with Crippen LogP contribution < -0.4 is 26.9 Å². The van der Waals surface area contributed by atoms with E-state index in [2.05, 4.69) is 93.2 Å². The van der Waals surface area contributed by atoms with E-state index in [-0.39, 0.29) is 17.0 Å². The van der Waals surface area contributed by atoms with E-state index in [0.29, 0.717) is 0 Å². The molecule has 0 radical (unpaired) electrons. The molecule has 2 nitrogen and oxygen atoms in total. The molecule has 0 atom stereocenters. The Kier molecular flexibility index (Phi) is 6.78. The van der Waals surface area contributed by atoms with Crippen molar-refractivity contribution in [3.05, 3.63) is 76.6 Å². The first-order valence-corrected chi connectivity index (χ1v) is 9.06. The Morgan fingerprint density at radius 2 is 1.79 bits per heavy atom. The number of nitrogens with one attached hydrogen (secondary N) is 1. The molecule has 2 aromatic carbocycles. The second-order valence-electron chi connectivity index (χ2n) is 5.32. The third kappa shape index (κ3) is 4.35. The monoisotopic (exact) mass is 464 g/mol. The molecule has 0 aliphatic rings. The first-order valence-electron chi connectivity index (χ1n) is 7.39. The van der Waals surface area contributed by atoms with Gasteiger partial charge < -0.3 is 17.0 Å². The van der Waals surface area contributed by atoms with Crippen molar-refractivity contribution in [2.45, 2.75) is 13.5 Å². The zero-order valence-corrected chi connectivity index (χ0v) is 17.3. The Bertz CT molecular complexity index is 808. The molecule has 1 heterocycles. The highest BCUT2D eigenvalue weighted by Gasteiger charge is 2.18. The molecule has 0 fully saturated rings. The van der Waals surface area contributed by atoms with Gasteiger partial charge in [0.15, 0.2) is 0 Å². The van der Waals surface area contributed by atoms with Gasteiger partial charge in [-0.25, -0.2) is 9.88 Å². The number of anilines is 2. The maximum Gasteiger partial charge on any atom is 0.339 e. The molecule has 0 spiro atoms. The minimum Gasteiger partial charge on any atom is -1.00 e. The van der Waals surface area contributed by atoms with Crippen molar-refractivity contribution < 1.29 is 21.5 Å². The van der Waals surface area contributed by atoms with Crippen LogP contribution in [0.5, 0.6) is 0 Å². The topological polar surface area (TPSA) is 15.9 Å². The quantitative estimate of drug-likeness (QED) is 0.452. The molecular formula is C19H18Br2N2S. The predicted molar refractivity (Wildman–Crippen MR) is 102 cm³/mol. The number of hydrogen-bond donors (Lipinski definition) is 1. The number of hydrogen-bond acceptors (Lipinski definition) is 2. The van der Waals surface area contributed by atoms with Crippen LogP contribution in [0.2, 0.25) is 0 Å². The molecule has 0 aliphatic heterocycles. The smallest absolute Gasteiger partial charge is 0.339 e. The van der Waals surface area contributed by atoms with Gasteiger partial charge in [-0.3, -0.25) is 0 Å². The third-order valence-corrected chi connectivity index (χ3v) is 4.99. The second kappa shape index (κ2) is 8.60. The molecular weight excluding hydrogens is 448 g/mol. The highest BCUT2D eigenvalue weighted by Crippen LogP contribution is 2.26. The van der Waals surface area contributed by atoms with Crippen molar-refractivity contribution in [3.63, 3.8) is 0 Å². The van der Waals surface area contributed by atoms with Crippen molar-refractivity contribution in [1.82, 2.24) is 0 Å². The van der Waals surface area contributed by atoms with Crippen LogP contribution in [0.4, 0.5) is 10.8 Å². The summed E-state index contributed by atoms with van der Waals surface area (Å²) in [4.78, 5) is 0. The van der Waals surface area contributed by atoms with Gasteiger partial charge in [0.25, 0.3) is 0 Å². The molecule has 0 saturated heterocycles. The van der Waals surface area contributed by atoms with E-state index in [4.69, 9.17) is 0 Å². The normalized spacial score (nSPS) is 10.1. The van der Waals surface area contributed by atoms with E-state index in [1.54, 1.807) is 11.3 Å². The van der Waals surface area contributed by atoms with Crippen molar-refractivity contribution >= 4 is 38.1 Å². The van der Waals surface area contributed by atoms with Crippen LogP contribution in [0, 0.1) is 6.92 Å². The number of thiazole rings is 1. The number of allylic oxidation sites excluding steroid dienone is 1. The van der Waals surface area contributed by atoms with E-state index in [0.717, 1.165) is 21.8 Å². The number of nitrogens with zero attached hydrogens (tertiary/aromatic N) is 1. The fraction of sp³-hybridized carbons (Fsp3) is 0.105. The van der Waals surface area contributed by atoms with Gasteiger partial charge in [-0.05, 0) is 43.3 Å². The summed E-state index contributed by atoms with van der Waals surface area (Å²) >= 11 is 5.20. The number of halogens is 2. The number of rotatable bonds is 5. The molecule has 124 valence electrons. The van der Waals surface area contributed by atoms with E-state index < -0.39 is 0 Å². The fourth-order valence-corrected chi connectivity index (χ4v) is 3.59. The van der Waals surface area contributed by atoms with Crippen molar-refractivity contribution in [2.24, 2.45) is 0 Å². The lowest BCUT2D eigenvalue weighted by Crippen LogP contribution is -3.00. The lowest BCUT2D eigenvalue weighted by molar-refractivity contribution is -0.657. The Labute approximate surface area is 165 Å². The van der Waals surface area contributed by atoms with Gasteiger partial charge in [-0.2, -0.15) is 0 Å². The summed E-state index contributed by atoms with van der Waals surface area (Å²) in [6.45, 7) is 6.76. The highest BCUT2D eigenvalue weighted by molar-refractivity contribution is 9.10. The standard InChI is InChI=1S/C19H17BrN2S.BrH/c1-3-12-22-18(15-6-8-16(20)9-7-15)13-23-19(22)21-17-10-4-14(2)5-11-17;/h3-11,13H,1,12H2,2H3;1H. The van der Waals surface area contributed by atoms with Crippen LogP contribution in [0.1, 0.15) is 5.56 Å². The van der Waals surface area contributed by atoms with Gasteiger partial charge in [-0.15, -0.1) is 0 Å². The largest absolute Gasteiger partial charge is 1.00 e. The highest BCUT2D eigenvalue weighted by atomic mass is 79.9. The zero-order valence-electron chi connectivity index (χ0n) is 13.3. The molecule has 1 aromatic heterocycles. The van der Waals surface area contributed by atoms with E-state index in [1.807, 2.05) is 6.08 Å². The summed E-state index contributed by atoms with van der Waals surface area (Å²) in [5.41, 5.74) is 4.74. The Hall–Kier alpha value is -1.43. The van der Waals surface area contributed by atoms with Gasteiger partial charge >= 0.3 is 5.13 Å². The van der Waals surface area contributed by atoms with Crippen LogP contribution in [-0.4, -0.2) is 0 Å². The van der Waals surface area contributed by atoms with Crippen molar-refractivity contribution in [3.8, 4) is 11.3 Å². The molecule has 0 aliphatic carbocycles. The van der Waals surface area contributed by atoms with Crippen molar-refractivity contribution in [2.75, 3.05) is 5.32 Å². The minimum absolute atomic E-state index is 0. The molecule has 0 saturated carbocycles. The van der Waals surface area contributed by atoms with Crippen LogP contribution in [-0.2, 0) is 6.54 Å². The maximum atomic E-state index is 3.89. The van der Waals surface area contributed by atoms with Gasteiger partial charge in [0.05, 0.1) is 0 Å². The first kappa shape index (κ1) is 18.9. The summed E-state index contributed by atoms with van der Waals surface area (Å²) in [6, 6.07) is 16.8. The Balaban J connectivity index is 0.00000208. The Morgan fingerprint density at radius 3 is 2.42 bits per heavy atom. The van der Waals surface area contributed by atoms with E-state index in [1.165, 1.54) is 16.8 Å². The van der Waals surface area contributed by atoms with Crippen LogP contribution in [0.3, 0.4) is 0 Å². The molecule has 1 N–H and O–H groups in total. The summed E-state index contributed by atoms with van der Waals surface area (Å²) in [5.74, 6) is 0. The average Bonchev–Trinajstić information content (AvgIpc) is 2.94. The lowest BCUT2D eigenvalue weighted by atomic mass is 10.2. The summed E-state index contributed by atoms with van der Waals surface area (Å²) in [6.07, 6.45) is 1.93. The zero-order chi connectivity index (χ0) is 16.2. The van der Waals surface area contributed by atoms with Crippen LogP contribution in [0.15, 0.2) is 71.0 Å². The molecule has 3 rings (SSSR count). The number of aromatic nitrogens is 1. The molecule has 0 amide bonds. The first-order chi connectivity index (χ1) is 11.2. The van der Waals surface area contributed by atoms with E-state index in [9.17, 15) is 0 Å². The van der Waals surface area contributed by atoms with Gasteiger partial charge in [0, 0.05) is 15.4 Å². The molecule has 0 unspecified atom stereocenters. The summed E-state index contributed by atoms with van der Waals surface area (Å²) < 4.78 is 3.34. The average molecular weight is 466 g/mol. The van der Waals surface area contributed by atoms with Gasteiger partial charge in [0.2, 0.25) is 0 Å². The maximum absolute atomic E-state index is 3.89. The fourth-order valence-electron chi connectivity index (χ4n) is 2.36.